The highest BCUT2D eigenvalue weighted by Gasteiger charge is 2.29. The number of hydrogen-bond acceptors (Lipinski definition) is 5. The SMILES string of the molecule is Cn1ncc(C(=O)N2CCOCC2)c1C(=O)N[C@@H]1CCn2cc(-c3ccc(F)cc3)nc2C1. The molecule has 5 rings (SSSR count). The monoisotopic (exact) mass is 452 g/mol. The van der Waals surface area contributed by atoms with Crippen molar-refractivity contribution in [3.63, 3.8) is 0 Å². The van der Waals surface area contributed by atoms with Crippen LogP contribution in [0.5, 0.6) is 0 Å². The van der Waals surface area contributed by atoms with Gasteiger partial charge in [-0.3, -0.25) is 14.3 Å². The molecule has 0 aliphatic carbocycles. The number of aryl methyl sites for hydroxylation is 2. The van der Waals surface area contributed by atoms with E-state index in [4.69, 9.17) is 9.72 Å². The zero-order valence-electron chi connectivity index (χ0n) is 18.3. The molecule has 0 spiro atoms. The minimum Gasteiger partial charge on any atom is -0.378 e. The Morgan fingerprint density at radius 1 is 1.15 bits per heavy atom. The average Bonchev–Trinajstić information content (AvgIpc) is 3.43. The maximum atomic E-state index is 13.2. The normalized spacial score (nSPS) is 18.1. The summed E-state index contributed by atoms with van der Waals surface area (Å²) >= 11 is 0. The molecule has 2 aromatic heterocycles. The van der Waals surface area contributed by atoms with Gasteiger partial charge in [0.2, 0.25) is 0 Å². The van der Waals surface area contributed by atoms with E-state index in [0.29, 0.717) is 44.8 Å². The maximum Gasteiger partial charge on any atom is 0.270 e. The fraction of sp³-hybridized carbons (Fsp3) is 0.391. The molecule has 4 heterocycles. The molecule has 1 fully saturated rings. The highest BCUT2D eigenvalue weighted by Crippen LogP contribution is 2.23. The summed E-state index contributed by atoms with van der Waals surface area (Å²) in [5, 5.41) is 7.22. The second-order valence-corrected chi connectivity index (χ2v) is 8.34. The first-order chi connectivity index (χ1) is 16.0. The zero-order chi connectivity index (χ0) is 22.9. The van der Waals surface area contributed by atoms with E-state index in [1.165, 1.54) is 23.0 Å². The third-order valence-corrected chi connectivity index (χ3v) is 6.16. The second-order valence-electron chi connectivity index (χ2n) is 8.34. The topological polar surface area (TPSA) is 94.3 Å². The lowest BCUT2D eigenvalue weighted by Crippen LogP contribution is -2.43. The molecular weight excluding hydrogens is 427 g/mol. The summed E-state index contributed by atoms with van der Waals surface area (Å²) in [6.07, 6.45) is 4.72. The van der Waals surface area contributed by atoms with Crippen molar-refractivity contribution in [2.24, 2.45) is 7.05 Å². The summed E-state index contributed by atoms with van der Waals surface area (Å²) in [5.41, 5.74) is 2.18. The molecule has 1 atom stereocenters. The molecule has 2 aliphatic heterocycles. The predicted octanol–water partition coefficient (Wildman–Crippen LogP) is 1.64. The summed E-state index contributed by atoms with van der Waals surface area (Å²) < 4.78 is 22.1. The standard InChI is InChI=1S/C23H25FN6O3/c1-28-21(18(13-25-28)23(32)29-8-10-33-11-9-29)22(31)26-17-6-7-30-14-19(27-20(30)12-17)15-2-4-16(24)5-3-15/h2-5,13-14,17H,6-12H2,1H3,(H,26,31)/t17-/m1/s1. The van der Waals surface area contributed by atoms with Crippen LogP contribution in [-0.4, -0.2) is 68.4 Å². The molecule has 0 unspecified atom stereocenters. The first-order valence-corrected chi connectivity index (χ1v) is 11.0. The maximum absolute atomic E-state index is 13.2. The van der Waals surface area contributed by atoms with Gasteiger partial charge >= 0.3 is 0 Å². The number of nitrogens with zero attached hydrogens (tertiary/aromatic N) is 5. The molecule has 1 aromatic carbocycles. The van der Waals surface area contributed by atoms with Crippen molar-refractivity contribution in [1.82, 2.24) is 29.5 Å². The quantitative estimate of drug-likeness (QED) is 0.650. The number of ether oxygens (including phenoxy) is 1. The number of morpholine rings is 1. The largest absolute Gasteiger partial charge is 0.378 e. The molecule has 3 aromatic rings. The number of rotatable bonds is 4. The van der Waals surface area contributed by atoms with Gasteiger partial charge in [-0.05, 0) is 30.7 Å². The molecule has 0 radical (unpaired) electrons. The van der Waals surface area contributed by atoms with Crippen molar-refractivity contribution >= 4 is 11.8 Å². The van der Waals surface area contributed by atoms with E-state index in [-0.39, 0.29) is 29.4 Å². The highest BCUT2D eigenvalue weighted by atomic mass is 19.1. The average molecular weight is 452 g/mol. The Labute approximate surface area is 190 Å². The van der Waals surface area contributed by atoms with Gasteiger partial charge in [0.1, 0.15) is 17.3 Å². The Hall–Kier alpha value is -3.53. The van der Waals surface area contributed by atoms with Gasteiger partial charge in [-0.1, -0.05) is 0 Å². The van der Waals surface area contributed by atoms with E-state index < -0.39 is 0 Å². The van der Waals surface area contributed by atoms with E-state index in [2.05, 4.69) is 15.0 Å². The van der Waals surface area contributed by atoms with Gasteiger partial charge < -0.3 is 19.5 Å². The number of carbonyl (C=O) groups excluding carboxylic acids is 2. The zero-order valence-corrected chi connectivity index (χ0v) is 18.3. The van der Waals surface area contributed by atoms with Crippen LogP contribution in [-0.2, 0) is 24.8 Å². The molecule has 1 N–H and O–H groups in total. The smallest absolute Gasteiger partial charge is 0.270 e. The lowest BCUT2D eigenvalue weighted by molar-refractivity contribution is 0.0301. The Kier molecular flexibility index (Phi) is 5.67. The van der Waals surface area contributed by atoms with Crippen LogP contribution >= 0.6 is 0 Å². The Bertz CT molecular complexity index is 1180. The van der Waals surface area contributed by atoms with Crippen LogP contribution < -0.4 is 5.32 Å². The number of amides is 2. The minimum absolute atomic E-state index is 0.116. The number of carbonyl (C=O) groups is 2. The summed E-state index contributed by atoms with van der Waals surface area (Å²) in [4.78, 5) is 32.5. The first-order valence-electron chi connectivity index (χ1n) is 11.0. The number of imidazole rings is 1. The number of halogens is 1. The van der Waals surface area contributed by atoms with Gasteiger partial charge in [0, 0.05) is 50.9 Å². The molecular formula is C23H25FN6O3. The fourth-order valence-corrected chi connectivity index (χ4v) is 4.36. The first kappa shape index (κ1) is 21.3. The Morgan fingerprint density at radius 2 is 1.91 bits per heavy atom. The summed E-state index contributed by atoms with van der Waals surface area (Å²) in [7, 11) is 1.66. The highest BCUT2D eigenvalue weighted by molar-refractivity contribution is 6.06. The van der Waals surface area contributed by atoms with Crippen molar-refractivity contribution in [1.29, 1.82) is 0 Å². The molecule has 10 heteroatoms. The van der Waals surface area contributed by atoms with Crippen LogP contribution in [0.25, 0.3) is 11.3 Å². The molecule has 2 amide bonds. The van der Waals surface area contributed by atoms with Crippen LogP contribution in [0.2, 0.25) is 0 Å². The van der Waals surface area contributed by atoms with Crippen molar-refractivity contribution in [3.05, 3.63) is 59.6 Å². The van der Waals surface area contributed by atoms with E-state index in [0.717, 1.165) is 23.5 Å². The minimum atomic E-state index is -0.324. The van der Waals surface area contributed by atoms with Gasteiger partial charge in [0.05, 0.1) is 30.7 Å². The molecule has 9 nitrogen and oxygen atoms in total. The van der Waals surface area contributed by atoms with E-state index in [1.807, 2.05) is 6.20 Å². The molecule has 1 saturated heterocycles. The molecule has 33 heavy (non-hydrogen) atoms. The van der Waals surface area contributed by atoms with Crippen LogP contribution in [0, 0.1) is 5.82 Å². The number of hydrogen-bond donors (Lipinski definition) is 1. The summed E-state index contributed by atoms with van der Waals surface area (Å²) in [6.45, 7) is 2.68. The number of fused-ring (bicyclic) bond motifs is 1. The van der Waals surface area contributed by atoms with Crippen molar-refractivity contribution in [2.75, 3.05) is 26.3 Å². The van der Waals surface area contributed by atoms with Crippen LogP contribution in [0.3, 0.4) is 0 Å². The fourth-order valence-electron chi connectivity index (χ4n) is 4.36. The van der Waals surface area contributed by atoms with Gasteiger partial charge in [-0.15, -0.1) is 0 Å². The van der Waals surface area contributed by atoms with Crippen LogP contribution in [0.1, 0.15) is 33.1 Å². The number of nitrogens with one attached hydrogen (secondary N) is 1. The summed E-state index contributed by atoms with van der Waals surface area (Å²) in [5.74, 6) is 0.0442. The van der Waals surface area contributed by atoms with Crippen LogP contribution in [0.4, 0.5) is 4.39 Å². The van der Waals surface area contributed by atoms with E-state index in [1.54, 1.807) is 24.1 Å². The van der Waals surface area contributed by atoms with Gasteiger partial charge in [-0.25, -0.2) is 9.37 Å². The third kappa shape index (κ3) is 4.25. The van der Waals surface area contributed by atoms with Gasteiger partial charge in [0.25, 0.3) is 11.8 Å². The summed E-state index contributed by atoms with van der Waals surface area (Å²) in [6, 6.07) is 6.13. The molecule has 2 aliphatic rings. The third-order valence-electron chi connectivity index (χ3n) is 6.16. The van der Waals surface area contributed by atoms with Gasteiger partial charge in [0.15, 0.2) is 0 Å². The Balaban J connectivity index is 1.29. The van der Waals surface area contributed by atoms with Crippen LogP contribution in [0.15, 0.2) is 36.7 Å². The predicted molar refractivity (Wildman–Crippen MR) is 117 cm³/mol. The van der Waals surface area contributed by atoms with E-state index >= 15 is 0 Å². The van der Waals surface area contributed by atoms with Gasteiger partial charge in [-0.2, -0.15) is 5.10 Å². The lowest BCUT2D eigenvalue weighted by Gasteiger charge is -2.27. The number of aromatic nitrogens is 4. The molecule has 0 saturated carbocycles. The molecule has 172 valence electrons. The van der Waals surface area contributed by atoms with Crippen molar-refractivity contribution in [3.8, 4) is 11.3 Å². The van der Waals surface area contributed by atoms with E-state index in [9.17, 15) is 14.0 Å². The van der Waals surface area contributed by atoms with Crippen molar-refractivity contribution < 1.29 is 18.7 Å². The lowest BCUT2D eigenvalue weighted by atomic mass is 10.1. The Morgan fingerprint density at radius 3 is 2.67 bits per heavy atom. The van der Waals surface area contributed by atoms with Crippen molar-refractivity contribution in [2.45, 2.75) is 25.4 Å². The number of benzene rings is 1. The second kappa shape index (κ2) is 8.78. The molecule has 0 bridgehead atoms.